The fraction of sp³-hybridized carbons (Fsp3) is 0.846. The molecule has 1 aliphatic carbocycles. The van der Waals surface area contributed by atoms with E-state index in [4.69, 9.17) is 4.74 Å². The first-order chi connectivity index (χ1) is 8.14. The molecule has 0 radical (unpaired) electrons. The van der Waals surface area contributed by atoms with E-state index in [0.717, 1.165) is 0 Å². The Bertz CT molecular complexity index is 334. The molecule has 5 heteroatoms. The topological polar surface area (TPSA) is 63.6 Å². The first-order valence-electron chi connectivity index (χ1n) is 6.16. The van der Waals surface area contributed by atoms with Crippen LogP contribution >= 0.6 is 0 Å². The van der Waals surface area contributed by atoms with Gasteiger partial charge in [0.15, 0.2) is 12.0 Å². The summed E-state index contributed by atoms with van der Waals surface area (Å²) in [5.74, 6) is -2.12. The Hall–Kier alpha value is -0.970. The Balaban J connectivity index is 2.61. The van der Waals surface area contributed by atoms with Crippen LogP contribution in [0.1, 0.15) is 34.1 Å². The number of aliphatic hydroxyl groups is 1. The van der Waals surface area contributed by atoms with Crippen molar-refractivity contribution in [2.45, 2.75) is 46.4 Å². The lowest BCUT2D eigenvalue weighted by Crippen LogP contribution is -2.46. The van der Waals surface area contributed by atoms with Gasteiger partial charge < -0.3 is 9.84 Å². The molecule has 1 rings (SSSR count). The fourth-order valence-electron chi connectivity index (χ4n) is 1.98. The highest BCUT2D eigenvalue weighted by atomic mass is 19.1. The highest BCUT2D eigenvalue weighted by Crippen LogP contribution is 2.31. The van der Waals surface area contributed by atoms with Crippen molar-refractivity contribution in [3.63, 3.8) is 0 Å². The molecule has 0 aromatic rings. The summed E-state index contributed by atoms with van der Waals surface area (Å²) < 4.78 is 18.6. The Morgan fingerprint density at radius 1 is 1.50 bits per heavy atom. The van der Waals surface area contributed by atoms with E-state index in [0.29, 0.717) is 0 Å². The van der Waals surface area contributed by atoms with Gasteiger partial charge in [0.05, 0.1) is 18.1 Å². The van der Waals surface area contributed by atoms with Gasteiger partial charge in [-0.3, -0.25) is 9.59 Å². The smallest absolute Gasteiger partial charge is 0.311 e. The standard InChI is InChI=1S/C13H21FO4/c1-7-8(6-18-12(17)13(2,3)4)9(15)5-10(16)11(7)14/h7-9,11,15H,5-6H2,1-4H3/t7-,8-,9?,11-/m1/s1. The second-order valence-corrected chi connectivity index (χ2v) is 6.01. The second-order valence-electron chi connectivity index (χ2n) is 6.01. The molecule has 4 nitrogen and oxygen atoms in total. The average Bonchev–Trinajstić information content (AvgIpc) is 2.24. The molecule has 1 aliphatic rings. The van der Waals surface area contributed by atoms with Crippen molar-refractivity contribution >= 4 is 11.8 Å². The molecule has 0 heterocycles. The van der Waals surface area contributed by atoms with E-state index in [1.54, 1.807) is 27.7 Å². The number of carbonyl (C=O) groups is 2. The van der Waals surface area contributed by atoms with Gasteiger partial charge in [0, 0.05) is 18.3 Å². The molecule has 0 amide bonds. The number of halogens is 1. The minimum absolute atomic E-state index is 0.0495. The molecule has 0 aromatic carbocycles. The van der Waals surface area contributed by atoms with Gasteiger partial charge in [0.1, 0.15) is 0 Å². The van der Waals surface area contributed by atoms with Crippen LogP contribution in [0, 0.1) is 17.3 Å². The molecule has 1 fully saturated rings. The van der Waals surface area contributed by atoms with Crippen LogP contribution in [0.15, 0.2) is 0 Å². The minimum Gasteiger partial charge on any atom is -0.465 e. The summed E-state index contributed by atoms with van der Waals surface area (Å²) in [4.78, 5) is 22.8. The lowest BCUT2D eigenvalue weighted by atomic mass is 9.77. The first-order valence-corrected chi connectivity index (χ1v) is 6.16. The number of hydrogen-bond acceptors (Lipinski definition) is 4. The molecule has 0 aliphatic heterocycles. The molecule has 1 saturated carbocycles. The van der Waals surface area contributed by atoms with E-state index < -0.39 is 41.3 Å². The number of carbonyl (C=O) groups excluding carboxylic acids is 2. The van der Waals surface area contributed by atoms with Crippen molar-refractivity contribution in [2.75, 3.05) is 6.61 Å². The van der Waals surface area contributed by atoms with E-state index in [2.05, 4.69) is 0 Å². The van der Waals surface area contributed by atoms with Crippen LogP contribution in [0.2, 0.25) is 0 Å². The zero-order chi connectivity index (χ0) is 14.1. The van der Waals surface area contributed by atoms with Gasteiger partial charge in [-0.05, 0) is 20.8 Å². The quantitative estimate of drug-likeness (QED) is 0.764. The van der Waals surface area contributed by atoms with Crippen molar-refractivity contribution in [1.82, 2.24) is 0 Å². The van der Waals surface area contributed by atoms with Gasteiger partial charge in [-0.15, -0.1) is 0 Å². The van der Waals surface area contributed by atoms with Crippen LogP contribution < -0.4 is 0 Å². The van der Waals surface area contributed by atoms with Gasteiger partial charge >= 0.3 is 5.97 Å². The van der Waals surface area contributed by atoms with Crippen LogP contribution in [0.5, 0.6) is 0 Å². The van der Waals surface area contributed by atoms with Crippen LogP contribution in [-0.2, 0) is 14.3 Å². The van der Waals surface area contributed by atoms with Crippen molar-refractivity contribution in [3.8, 4) is 0 Å². The molecule has 18 heavy (non-hydrogen) atoms. The molecule has 104 valence electrons. The van der Waals surface area contributed by atoms with Crippen LogP contribution in [-0.4, -0.2) is 35.7 Å². The molecular weight excluding hydrogens is 239 g/mol. The summed E-state index contributed by atoms with van der Waals surface area (Å²) in [6.45, 7) is 6.67. The monoisotopic (exact) mass is 260 g/mol. The largest absolute Gasteiger partial charge is 0.465 e. The van der Waals surface area contributed by atoms with Gasteiger partial charge in [-0.25, -0.2) is 4.39 Å². The first kappa shape index (κ1) is 15.1. The molecule has 0 saturated heterocycles. The third kappa shape index (κ3) is 3.28. The molecule has 4 atom stereocenters. The molecule has 0 bridgehead atoms. The van der Waals surface area contributed by atoms with Crippen molar-refractivity contribution in [1.29, 1.82) is 0 Å². The fourth-order valence-corrected chi connectivity index (χ4v) is 1.98. The van der Waals surface area contributed by atoms with Crippen molar-refractivity contribution in [3.05, 3.63) is 0 Å². The number of hydrogen-bond donors (Lipinski definition) is 1. The molecular formula is C13H21FO4. The summed E-state index contributed by atoms with van der Waals surface area (Å²) in [5, 5.41) is 9.76. The third-order valence-corrected chi connectivity index (χ3v) is 3.37. The summed E-state index contributed by atoms with van der Waals surface area (Å²) in [6, 6.07) is 0. The van der Waals surface area contributed by atoms with E-state index in [1.165, 1.54) is 0 Å². The zero-order valence-electron chi connectivity index (χ0n) is 11.3. The van der Waals surface area contributed by atoms with Gasteiger partial charge in [0.25, 0.3) is 0 Å². The normalized spacial score (nSPS) is 33.3. The number of ketones is 1. The van der Waals surface area contributed by atoms with E-state index in [9.17, 15) is 19.1 Å². The second kappa shape index (κ2) is 5.34. The predicted octanol–water partition coefficient (Wildman–Crippen LogP) is 1.50. The third-order valence-electron chi connectivity index (χ3n) is 3.37. The van der Waals surface area contributed by atoms with E-state index in [1.807, 2.05) is 0 Å². The van der Waals surface area contributed by atoms with Crippen molar-refractivity contribution in [2.24, 2.45) is 17.3 Å². The number of esters is 1. The predicted molar refractivity (Wildman–Crippen MR) is 63.6 cm³/mol. The molecule has 0 aromatic heterocycles. The number of alkyl halides is 1. The summed E-state index contributed by atoms with van der Waals surface area (Å²) in [5.41, 5.74) is -0.631. The number of Topliss-reactive ketones (excluding diaryl/α,β-unsaturated/α-hetero) is 1. The summed E-state index contributed by atoms with van der Waals surface area (Å²) >= 11 is 0. The highest BCUT2D eigenvalue weighted by Gasteiger charge is 2.42. The van der Waals surface area contributed by atoms with Crippen LogP contribution in [0.25, 0.3) is 0 Å². The Kier molecular flexibility index (Phi) is 4.48. The lowest BCUT2D eigenvalue weighted by molar-refractivity contribution is -0.159. The number of ether oxygens (including phenoxy) is 1. The maximum atomic E-state index is 13.6. The summed E-state index contributed by atoms with van der Waals surface area (Å²) in [6.07, 6.45) is -2.72. The number of aliphatic hydroxyl groups excluding tert-OH is 1. The minimum atomic E-state index is -1.58. The Morgan fingerprint density at radius 3 is 2.56 bits per heavy atom. The molecule has 1 N–H and O–H groups in total. The van der Waals surface area contributed by atoms with Crippen LogP contribution in [0.4, 0.5) is 4.39 Å². The molecule has 1 unspecified atom stereocenters. The maximum absolute atomic E-state index is 13.6. The van der Waals surface area contributed by atoms with Gasteiger partial charge in [-0.2, -0.15) is 0 Å². The highest BCUT2D eigenvalue weighted by molar-refractivity contribution is 5.84. The SMILES string of the molecule is C[C@H]1[C@@H](F)C(=O)CC(O)[C@@H]1COC(=O)C(C)(C)C. The van der Waals surface area contributed by atoms with E-state index >= 15 is 0 Å². The average molecular weight is 260 g/mol. The number of rotatable bonds is 2. The van der Waals surface area contributed by atoms with E-state index in [-0.39, 0.29) is 13.0 Å². The Morgan fingerprint density at radius 2 is 2.06 bits per heavy atom. The van der Waals surface area contributed by atoms with Crippen LogP contribution in [0.3, 0.4) is 0 Å². The maximum Gasteiger partial charge on any atom is 0.311 e. The van der Waals surface area contributed by atoms with Crippen molar-refractivity contribution < 1.29 is 23.8 Å². The molecule has 0 spiro atoms. The lowest BCUT2D eigenvalue weighted by Gasteiger charge is -2.34. The Labute approximate surface area is 107 Å². The zero-order valence-corrected chi connectivity index (χ0v) is 11.3. The van der Waals surface area contributed by atoms with Gasteiger partial charge in [0.2, 0.25) is 0 Å². The summed E-state index contributed by atoms with van der Waals surface area (Å²) in [7, 11) is 0. The van der Waals surface area contributed by atoms with Gasteiger partial charge in [-0.1, -0.05) is 6.92 Å².